The molecule has 0 aromatic heterocycles. The van der Waals surface area contributed by atoms with Crippen molar-refractivity contribution in [2.24, 2.45) is 0 Å². The van der Waals surface area contributed by atoms with Gasteiger partial charge in [-0.05, 0) is 20.3 Å². The average Bonchev–Trinajstić information content (AvgIpc) is 2.18. The van der Waals surface area contributed by atoms with Gasteiger partial charge in [-0.2, -0.15) is 0 Å². The minimum Gasteiger partial charge on any atom is -0.353 e. The molecule has 14 heavy (non-hydrogen) atoms. The molecule has 0 spiro atoms. The van der Waals surface area contributed by atoms with Crippen LogP contribution in [0.5, 0.6) is 0 Å². The highest BCUT2D eigenvalue weighted by molar-refractivity contribution is 5.02. The molecule has 0 aliphatic carbocycles. The average molecular weight is 198 g/mol. The number of hydrogen-bond donors (Lipinski definition) is 0. The van der Waals surface area contributed by atoms with Crippen molar-refractivity contribution in [2.45, 2.75) is 39.9 Å². The van der Waals surface area contributed by atoms with E-state index >= 15 is 0 Å². The second-order valence-corrected chi connectivity index (χ2v) is 2.84. The molecule has 0 atom stereocenters. The fraction of sp³-hybridized carbons (Fsp3) is 0.667. The van der Waals surface area contributed by atoms with Gasteiger partial charge in [0.25, 0.3) is 0 Å². The van der Waals surface area contributed by atoms with E-state index in [0.717, 1.165) is 12.8 Å². The Kier molecular flexibility index (Phi) is 10.0. The van der Waals surface area contributed by atoms with Gasteiger partial charge in [-0.1, -0.05) is 31.2 Å². The molecule has 0 aromatic carbocycles. The second-order valence-electron chi connectivity index (χ2n) is 2.84. The summed E-state index contributed by atoms with van der Waals surface area (Å²) in [7, 11) is 0. The molecule has 0 aromatic rings. The third-order valence-corrected chi connectivity index (χ3v) is 1.65. The van der Waals surface area contributed by atoms with E-state index in [-0.39, 0.29) is 6.29 Å². The number of hydrogen-bond acceptors (Lipinski definition) is 2. The van der Waals surface area contributed by atoms with Gasteiger partial charge < -0.3 is 9.47 Å². The molecule has 0 aliphatic heterocycles. The van der Waals surface area contributed by atoms with Crippen molar-refractivity contribution in [3.05, 3.63) is 24.3 Å². The van der Waals surface area contributed by atoms with Crippen LogP contribution in [0.4, 0.5) is 0 Å². The lowest BCUT2D eigenvalue weighted by molar-refractivity contribution is -0.133. The molecule has 0 unspecified atom stereocenters. The smallest absolute Gasteiger partial charge is 0.160 e. The van der Waals surface area contributed by atoms with Crippen LogP contribution in [0.3, 0.4) is 0 Å². The van der Waals surface area contributed by atoms with Gasteiger partial charge in [-0.15, -0.1) is 0 Å². The van der Waals surface area contributed by atoms with Crippen molar-refractivity contribution < 1.29 is 9.47 Å². The van der Waals surface area contributed by atoms with Gasteiger partial charge in [0, 0.05) is 19.6 Å². The van der Waals surface area contributed by atoms with Gasteiger partial charge in [0.15, 0.2) is 6.29 Å². The summed E-state index contributed by atoms with van der Waals surface area (Å²) >= 11 is 0. The van der Waals surface area contributed by atoms with Crippen LogP contribution in [-0.2, 0) is 9.47 Å². The first kappa shape index (κ1) is 13.4. The molecule has 0 rings (SSSR count). The van der Waals surface area contributed by atoms with Crippen molar-refractivity contribution in [3.63, 3.8) is 0 Å². The Morgan fingerprint density at radius 2 is 1.50 bits per heavy atom. The number of rotatable bonds is 8. The van der Waals surface area contributed by atoms with E-state index in [2.05, 4.69) is 25.2 Å². The number of allylic oxidation sites excluding steroid dienone is 3. The van der Waals surface area contributed by atoms with Gasteiger partial charge in [0.2, 0.25) is 0 Å². The summed E-state index contributed by atoms with van der Waals surface area (Å²) in [5, 5.41) is 0. The molecule has 0 heterocycles. The lowest BCUT2D eigenvalue weighted by atomic mass is 10.3. The summed E-state index contributed by atoms with van der Waals surface area (Å²) in [6.45, 7) is 7.47. The van der Waals surface area contributed by atoms with E-state index in [1.165, 1.54) is 0 Å². The van der Waals surface area contributed by atoms with Gasteiger partial charge >= 0.3 is 0 Å². The van der Waals surface area contributed by atoms with Gasteiger partial charge in [0.1, 0.15) is 0 Å². The van der Waals surface area contributed by atoms with Crippen molar-refractivity contribution in [3.8, 4) is 0 Å². The lowest BCUT2D eigenvalue weighted by Gasteiger charge is -2.14. The van der Waals surface area contributed by atoms with E-state index < -0.39 is 0 Å². The summed E-state index contributed by atoms with van der Waals surface area (Å²) in [4.78, 5) is 0. The third-order valence-electron chi connectivity index (χ3n) is 1.65. The Balaban J connectivity index is 3.68. The van der Waals surface area contributed by atoms with E-state index in [1.807, 2.05) is 19.9 Å². The van der Waals surface area contributed by atoms with Crippen LogP contribution in [0, 0.1) is 0 Å². The maximum Gasteiger partial charge on any atom is 0.160 e. The van der Waals surface area contributed by atoms with Crippen LogP contribution >= 0.6 is 0 Å². The summed E-state index contributed by atoms with van der Waals surface area (Å²) in [5.74, 6) is 0. The molecule has 2 nitrogen and oxygen atoms in total. The zero-order valence-corrected chi connectivity index (χ0v) is 9.53. The van der Waals surface area contributed by atoms with Crippen LogP contribution in [0.1, 0.15) is 33.6 Å². The predicted molar refractivity (Wildman–Crippen MR) is 60.2 cm³/mol. The molecule has 0 N–H and O–H groups in total. The highest BCUT2D eigenvalue weighted by atomic mass is 16.7. The molecule has 0 saturated heterocycles. The molecule has 0 saturated carbocycles. The second kappa shape index (κ2) is 10.5. The summed E-state index contributed by atoms with van der Waals surface area (Å²) in [6.07, 6.45) is 10.1. The molecule has 0 fully saturated rings. The monoisotopic (exact) mass is 198 g/mol. The molecular formula is C12H22O2. The third kappa shape index (κ3) is 8.02. The Labute approximate surface area is 87.6 Å². The normalized spacial score (nSPS) is 12.3. The van der Waals surface area contributed by atoms with Crippen molar-refractivity contribution >= 4 is 0 Å². The van der Waals surface area contributed by atoms with Crippen LogP contribution < -0.4 is 0 Å². The first-order valence-electron chi connectivity index (χ1n) is 5.39. The van der Waals surface area contributed by atoms with E-state index in [0.29, 0.717) is 13.2 Å². The minimum atomic E-state index is -0.0868. The zero-order valence-electron chi connectivity index (χ0n) is 9.53. The molecule has 0 radical (unpaired) electrons. The maximum absolute atomic E-state index is 5.39. The minimum absolute atomic E-state index is 0.0868. The Hall–Kier alpha value is -0.600. The quantitative estimate of drug-likeness (QED) is 0.440. The Morgan fingerprint density at radius 1 is 0.929 bits per heavy atom. The molecular weight excluding hydrogens is 176 g/mol. The summed E-state index contributed by atoms with van der Waals surface area (Å²) in [5.41, 5.74) is 0. The SMILES string of the molecule is CC/C=C/C=C\CC(OCC)OCC. The van der Waals surface area contributed by atoms with E-state index in [9.17, 15) is 0 Å². The topological polar surface area (TPSA) is 18.5 Å². The first-order valence-corrected chi connectivity index (χ1v) is 5.39. The standard InChI is InChI=1S/C12H22O2/c1-4-7-8-9-10-11-12(13-5-2)14-6-3/h7-10,12H,4-6,11H2,1-3H3/b8-7+,10-9-. The lowest BCUT2D eigenvalue weighted by Crippen LogP contribution is -2.16. The highest BCUT2D eigenvalue weighted by Crippen LogP contribution is 2.02. The Morgan fingerprint density at radius 3 is 2.00 bits per heavy atom. The first-order chi connectivity index (χ1) is 6.85. The zero-order chi connectivity index (χ0) is 10.6. The van der Waals surface area contributed by atoms with E-state index in [4.69, 9.17) is 9.47 Å². The van der Waals surface area contributed by atoms with Crippen molar-refractivity contribution in [1.29, 1.82) is 0 Å². The van der Waals surface area contributed by atoms with Gasteiger partial charge in [0.05, 0.1) is 0 Å². The van der Waals surface area contributed by atoms with E-state index in [1.54, 1.807) is 0 Å². The summed E-state index contributed by atoms with van der Waals surface area (Å²) in [6, 6.07) is 0. The van der Waals surface area contributed by atoms with Crippen LogP contribution in [-0.4, -0.2) is 19.5 Å². The summed E-state index contributed by atoms with van der Waals surface area (Å²) < 4.78 is 10.8. The Bertz CT molecular complexity index is 156. The number of ether oxygens (including phenoxy) is 2. The fourth-order valence-corrected chi connectivity index (χ4v) is 1.04. The van der Waals surface area contributed by atoms with Crippen LogP contribution in [0.15, 0.2) is 24.3 Å². The van der Waals surface area contributed by atoms with Crippen molar-refractivity contribution in [2.75, 3.05) is 13.2 Å². The fourth-order valence-electron chi connectivity index (χ4n) is 1.04. The molecule has 2 heteroatoms. The van der Waals surface area contributed by atoms with Gasteiger partial charge in [-0.3, -0.25) is 0 Å². The predicted octanol–water partition coefficient (Wildman–Crippen LogP) is 3.30. The molecule has 0 bridgehead atoms. The molecule has 82 valence electrons. The largest absolute Gasteiger partial charge is 0.353 e. The molecule has 0 amide bonds. The molecule has 0 aliphatic rings. The van der Waals surface area contributed by atoms with Crippen LogP contribution in [0.25, 0.3) is 0 Å². The van der Waals surface area contributed by atoms with Crippen molar-refractivity contribution in [1.82, 2.24) is 0 Å². The highest BCUT2D eigenvalue weighted by Gasteiger charge is 2.03. The maximum atomic E-state index is 5.39. The van der Waals surface area contributed by atoms with Crippen LogP contribution in [0.2, 0.25) is 0 Å². The van der Waals surface area contributed by atoms with Gasteiger partial charge in [-0.25, -0.2) is 0 Å².